The number of rotatable bonds is 8. The second-order valence-electron chi connectivity index (χ2n) is 4.83. The largest absolute Gasteiger partial charge is 0.383 e. The molecule has 16 heavy (non-hydrogen) atoms. The maximum Gasteiger partial charge on any atom is 0.166 e. The number of ether oxygens (including phenoxy) is 1. The third-order valence-electron chi connectivity index (χ3n) is 2.16. The van der Waals surface area contributed by atoms with Crippen LogP contribution in [0.25, 0.3) is 0 Å². The van der Waals surface area contributed by atoms with Crippen molar-refractivity contribution in [2.45, 2.75) is 52.8 Å². The average molecular weight is 231 g/mol. The Morgan fingerprint density at radius 1 is 1.19 bits per heavy atom. The van der Waals surface area contributed by atoms with Crippen molar-refractivity contribution in [1.82, 2.24) is 5.32 Å². The number of nitrogens with one attached hydrogen (secondary N) is 1. The zero-order valence-corrected chi connectivity index (χ0v) is 11.0. The van der Waals surface area contributed by atoms with Crippen molar-refractivity contribution in [1.29, 1.82) is 0 Å². The molecule has 0 aromatic rings. The molecular formula is C12H25NO3. The van der Waals surface area contributed by atoms with E-state index in [2.05, 4.69) is 19.2 Å². The van der Waals surface area contributed by atoms with Crippen LogP contribution < -0.4 is 5.32 Å². The Kier molecular flexibility index (Phi) is 7.55. The lowest BCUT2D eigenvalue weighted by Crippen LogP contribution is -2.37. The molecule has 2 atom stereocenters. The van der Waals surface area contributed by atoms with Gasteiger partial charge in [0.2, 0.25) is 0 Å². The van der Waals surface area contributed by atoms with Gasteiger partial charge in [-0.25, -0.2) is 0 Å². The molecular weight excluding hydrogens is 206 g/mol. The Morgan fingerprint density at radius 2 is 1.75 bits per heavy atom. The molecule has 0 rings (SSSR count). The first kappa shape index (κ1) is 15.6. The van der Waals surface area contributed by atoms with E-state index in [0.29, 0.717) is 12.6 Å². The number of carbonyl (C=O) groups excluding carboxylic acids is 1. The summed E-state index contributed by atoms with van der Waals surface area (Å²) in [5, 5.41) is 12.8. The van der Waals surface area contributed by atoms with Gasteiger partial charge in [-0.15, -0.1) is 0 Å². The molecule has 4 nitrogen and oxygen atoms in total. The minimum Gasteiger partial charge on any atom is -0.383 e. The summed E-state index contributed by atoms with van der Waals surface area (Å²) in [7, 11) is 0. The van der Waals surface area contributed by atoms with Crippen molar-refractivity contribution >= 4 is 5.78 Å². The molecule has 2 N–H and O–H groups in total. The second-order valence-corrected chi connectivity index (χ2v) is 4.83. The van der Waals surface area contributed by atoms with E-state index in [0.717, 1.165) is 0 Å². The predicted molar refractivity (Wildman–Crippen MR) is 64.4 cm³/mol. The maximum absolute atomic E-state index is 11.4. The fourth-order valence-electron chi connectivity index (χ4n) is 1.44. The Morgan fingerprint density at radius 3 is 2.19 bits per heavy atom. The summed E-state index contributed by atoms with van der Waals surface area (Å²) >= 11 is 0. The van der Waals surface area contributed by atoms with Gasteiger partial charge >= 0.3 is 0 Å². The molecule has 0 aliphatic carbocycles. The Balaban J connectivity index is 3.69. The molecule has 0 heterocycles. The van der Waals surface area contributed by atoms with Crippen molar-refractivity contribution in [3.63, 3.8) is 0 Å². The minimum absolute atomic E-state index is 0.0845. The summed E-state index contributed by atoms with van der Waals surface area (Å²) in [5.74, 6) is -0.311. The summed E-state index contributed by atoms with van der Waals surface area (Å²) in [6, 6.07) is 0.627. The Hall–Kier alpha value is -0.450. The zero-order chi connectivity index (χ0) is 12.7. The van der Waals surface area contributed by atoms with Crippen LogP contribution in [0.2, 0.25) is 0 Å². The third kappa shape index (κ3) is 6.93. The molecule has 0 spiro atoms. The molecule has 0 saturated carbocycles. The molecule has 0 radical (unpaired) electrons. The van der Waals surface area contributed by atoms with Crippen LogP contribution in [-0.2, 0) is 9.53 Å². The molecule has 0 bridgehead atoms. The molecule has 0 aliphatic rings. The van der Waals surface area contributed by atoms with Gasteiger partial charge in [0.1, 0.15) is 6.10 Å². The van der Waals surface area contributed by atoms with E-state index >= 15 is 0 Å². The first-order valence-corrected chi connectivity index (χ1v) is 5.90. The molecule has 0 amide bonds. The SMILES string of the molecule is CC(C)N[C@@H](C)COC[C@H](O)C(=O)C(C)C. The highest BCUT2D eigenvalue weighted by Crippen LogP contribution is 2.00. The topological polar surface area (TPSA) is 58.6 Å². The molecule has 0 aromatic heterocycles. The fraction of sp³-hybridized carbons (Fsp3) is 0.917. The lowest BCUT2D eigenvalue weighted by molar-refractivity contribution is -0.133. The van der Waals surface area contributed by atoms with Gasteiger partial charge in [0.25, 0.3) is 0 Å². The van der Waals surface area contributed by atoms with Crippen LogP contribution >= 0.6 is 0 Å². The highest BCUT2D eigenvalue weighted by molar-refractivity contribution is 5.84. The number of carbonyl (C=O) groups is 1. The van der Waals surface area contributed by atoms with E-state index in [1.54, 1.807) is 13.8 Å². The lowest BCUT2D eigenvalue weighted by atomic mass is 10.1. The van der Waals surface area contributed by atoms with Crippen molar-refractivity contribution in [2.24, 2.45) is 5.92 Å². The fourth-order valence-corrected chi connectivity index (χ4v) is 1.44. The van der Waals surface area contributed by atoms with Gasteiger partial charge in [-0.2, -0.15) is 0 Å². The van der Waals surface area contributed by atoms with E-state index in [9.17, 15) is 9.90 Å². The van der Waals surface area contributed by atoms with Gasteiger partial charge in [-0.05, 0) is 6.92 Å². The van der Waals surface area contributed by atoms with E-state index in [1.165, 1.54) is 0 Å². The highest BCUT2D eigenvalue weighted by Gasteiger charge is 2.18. The average Bonchev–Trinajstić information content (AvgIpc) is 2.14. The maximum atomic E-state index is 11.4. The van der Waals surface area contributed by atoms with Gasteiger partial charge in [-0.1, -0.05) is 27.7 Å². The number of hydrogen-bond acceptors (Lipinski definition) is 4. The zero-order valence-electron chi connectivity index (χ0n) is 11.0. The van der Waals surface area contributed by atoms with Gasteiger partial charge in [0.15, 0.2) is 5.78 Å². The van der Waals surface area contributed by atoms with Crippen LogP contribution in [0.4, 0.5) is 0 Å². The van der Waals surface area contributed by atoms with Crippen LogP contribution in [0, 0.1) is 5.92 Å². The predicted octanol–water partition coefficient (Wildman–Crippen LogP) is 0.975. The molecule has 0 aliphatic heterocycles. The smallest absolute Gasteiger partial charge is 0.166 e. The van der Waals surface area contributed by atoms with Crippen LogP contribution in [0.3, 0.4) is 0 Å². The molecule has 96 valence electrons. The van der Waals surface area contributed by atoms with Gasteiger partial charge in [-0.3, -0.25) is 4.79 Å². The van der Waals surface area contributed by atoms with Crippen molar-refractivity contribution in [2.75, 3.05) is 13.2 Å². The van der Waals surface area contributed by atoms with Crippen LogP contribution in [0.1, 0.15) is 34.6 Å². The molecule has 4 heteroatoms. The summed E-state index contributed by atoms with van der Waals surface area (Å²) in [6.07, 6.45) is -0.994. The molecule has 0 unspecified atom stereocenters. The van der Waals surface area contributed by atoms with Crippen molar-refractivity contribution < 1.29 is 14.6 Å². The van der Waals surface area contributed by atoms with Crippen molar-refractivity contribution in [3.05, 3.63) is 0 Å². The third-order valence-corrected chi connectivity index (χ3v) is 2.16. The summed E-state index contributed by atoms with van der Waals surface area (Å²) < 4.78 is 5.30. The van der Waals surface area contributed by atoms with Crippen LogP contribution in [0.15, 0.2) is 0 Å². The van der Waals surface area contributed by atoms with Gasteiger partial charge in [0, 0.05) is 18.0 Å². The van der Waals surface area contributed by atoms with E-state index in [-0.39, 0.29) is 24.3 Å². The van der Waals surface area contributed by atoms with E-state index in [4.69, 9.17) is 4.74 Å². The lowest BCUT2D eigenvalue weighted by Gasteiger charge is -2.18. The number of ketones is 1. The molecule has 0 saturated heterocycles. The normalized spacial score (nSPS) is 15.5. The summed E-state index contributed by atoms with van der Waals surface area (Å²) in [4.78, 5) is 11.4. The highest BCUT2D eigenvalue weighted by atomic mass is 16.5. The van der Waals surface area contributed by atoms with Crippen LogP contribution in [0.5, 0.6) is 0 Å². The number of Topliss-reactive ketones (excluding diaryl/α,β-unsaturated/α-hetero) is 1. The minimum atomic E-state index is -0.994. The van der Waals surface area contributed by atoms with Crippen molar-refractivity contribution in [3.8, 4) is 0 Å². The quantitative estimate of drug-likeness (QED) is 0.653. The van der Waals surface area contributed by atoms with E-state index < -0.39 is 6.10 Å². The van der Waals surface area contributed by atoms with Crippen LogP contribution in [-0.4, -0.2) is 42.3 Å². The van der Waals surface area contributed by atoms with Gasteiger partial charge in [0.05, 0.1) is 13.2 Å². The second kappa shape index (κ2) is 7.76. The first-order valence-electron chi connectivity index (χ1n) is 5.90. The van der Waals surface area contributed by atoms with E-state index in [1.807, 2.05) is 6.92 Å². The summed E-state index contributed by atoms with van der Waals surface area (Å²) in [5.41, 5.74) is 0. The number of aliphatic hydroxyl groups is 1. The monoisotopic (exact) mass is 231 g/mol. The Bertz CT molecular complexity index is 204. The molecule has 0 fully saturated rings. The Labute approximate surface area is 98.4 Å². The van der Waals surface area contributed by atoms with Gasteiger partial charge < -0.3 is 15.2 Å². The number of hydrogen-bond donors (Lipinski definition) is 2. The molecule has 0 aromatic carbocycles. The summed E-state index contributed by atoms with van der Waals surface area (Å²) in [6.45, 7) is 10.3. The first-order chi connectivity index (χ1) is 7.34. The number of aliphatic hydroxyl groups excluding tert-OH is 1. The standard InChI is InChI=1S/C12H25NO3/c1-8(2)12(15)11(14)7-16-6-10(5)13-9(3)4/h8-11,13-14H,6-7H2,1-5H3/t10-,11-/m0/s1.